The van der Waals surface area contributed by atoms with Gasteiger partial charge < -0.3 is 14.4 Å². The number of nitrogens with one attached hydrogen (secondary N) is 1. The quantitative estimate of drug-likeness (QED) is 0.815. The Morgan fingerprint density at radius 1 is 1.28 bits per heavy atom. The molecule has 1 N–H and O–H groups in total. The van der Waals surface area contributed by atoms with Crippen molar-refractivity contribution in [3.05, 3.63) is 41.8 Å². The third kappa shape index (κ3) is 4.24. The van der Waals surface area contributed by atoms with Crippen LogP contribution in [0.25, 0.3) is 11.3 Å². The van der Waals surface area contributed by atoms with E-state index in [9.17, 15) is 9.18 Å². The van der Waals surface area contributed by atoms with Crippen LogP contribution in [0, 0.1) is 5.82 Å². The molecule has 1 amide bonds. The van der Waals surface area contributed by atoms with Crippen molar-refractivity contribution in [2.75, 3.05) is 33.4 Å². The summed E-state index contributed by atoms with van der Waals surface area (Å²) in [5.41, 5.74) is 1.86. The molecule has 6 nitrogen and oxygen atoms in total. The molecule has 0 bridgehead atoms. The van der Waals surface area contributed by atoms with Gasteiger partial charge in [0.15, 0.2) is 0 Å². The van der Waals surface area contributed by atoms with Gasteiger partial charge in [-0.05, 0) is 37.1 Å². The van der Waals surface area contributed by atoms with Gasteiger partial charge in [-0.2, -0.15) is 5.10 Å². The number of methoxy groups -OCH3 is 1. The first-order valence-electron chi connectivity index (χ1n) is 8.38. The van der Waals surface area contributed by atoms with Gasteiger partial charge in [0.2, 0.25) is 0 Å². The molecule has 1 saturated heterocycles. The van der Waals surface area contributed by atoms with E-state index in [2.05, 4.69) is 10.2 Å². The van der Waals surface area contributed by atoms with E-state index < -0.39 is 0 Å². The van der Waals surface area contributed by atoms with Crippen molar-refractivity contribution in [1.82, 2.24) is 15.1 Å². The minimum absolute atomic E-state index is 0.0663. The van der Waals surface area contributed by atoms with E-state index in [0.717, 1.165) is 18.4 Å². The Morgan fingerprint density at radius 3 is 2.68 bits per heavy atom. The molecule has 0 aliphatic carbocycles. The number of amides is 1. The maximum atomic E-state index is 13.1. The average molecular weight is 347 g/mol. The average Bonchev–Trinajstić information content (AvgIpc) is 3.12. The summed E-state index contributed by atoms with van der Waals surface area (Å²) in [6.07, 6.45) is 3.31. The lowest BCUT2D eigenvalue weighted by Crippen LogP contribution is -2.41. The van der Waals surface area contributed by atoms with Gasteiger partial charge in [-0.25, -0.2) is 4.39 Å². The van der Waals surface area contributed by atoms with Crippen LogP contribution >= 0.6 is 0 Å². The van der Waals surface area contributed by atoms with E-state index in [-0.39, 0.29) is 17.8 Å². The van der Waals surface area contributed by atoms with Crippen molar-refractivity contribution in [3.8, 4) is 11.3 Å². The van der Waals surface area contributed by atoms with Crippen LogP contribution in [0.1, 0.15) is 23.2 Å². The molecule has 0 spiro atoms. The molecule has 3 rings (SSSR count). The van der Waals surface area contributed by atoms with E-state index in [1.54, 1.807) is 19.2 Å². The van der Waals surface area contributed by atoms with Crippen LogP contribution in [0.2, 0.25) is 0 Å². The van der Waals surface area contributed by atoms with Crippen molar-refractivity contribution in [1.29, 1.82) is 0 Å². The Kier molecular flexibility index (Phi) is 5.78. The van der Waals surface area contributed by atoms with Crippen LogP contribution in [-0.4, -0.2) is 60.5 Å². The monoisotopic (exact) mass is 347 g/mol. The zero-order valence-corrected chi connectivity index (χ0v) is 14.2. The lowest BCUT2D eigenvalue weighted by Gasteiger charge is -2.32. The number of H-pyrrole nitrogens is 1. The summed E-state index contributed by atoms with van der Waals surface area (Å²) in [5, 5.41) is 6.84. The number of piperidine rings is 1. The first kappa shape index (κ1) is 17.6. The predicted molar refractivity (Wildman–Crippen MR) is 90.7 cm³/mol. The maximum absolute atomic E-state index is 13.1. The number of likely N-dealkylation sites (tertiary alicyclic amines) is 1. The Hall–Kier alpha value is -2.25. The van der Waals surface area contributed by atoms with E-state index in [4.69, 9.17) is 9.47 Å². The number of ether oxygens (including phenoxy) is 2. The molecule has 0 unspecified atom stereocenters. The summed E-state index contributed by atoms with van der Waals surface area (Å²) in [5.74, 6) is -0.380. The number of benzene rings is 1. The molecule has 0 radical (unpaired) electrons. The molecule has 25 heavy (non-hydrogen) atoms. The smallest absolute Gasteiger partial charge is 0.257 e. The summed E-state index contributed by atoms with van der Waals surface area (Å²) < 4.78 is 23.8. The summed E-state index contributed by atoms with van der Waals surface area (Å²) in [6.45, 7) is 2.44. The fourth-order valence-electron chi connectivity index (χ4n) is 2.98. The fourth-order valence-corrected chi connectivity index (χ4v) is 2.98. The molecule has 1 fully saturated rings. The molecular formula is C18H22FN3O3. The number of hydrogen-bond donors (Lipinski definition) is 1. The molecule has 1 aliphatic rings. The van der Waals surface area contributed by atoms with E-state index >= 15 is 0 Å². The second-order valence-corrected chi connectivity index (χ2v) is 6.02. The van der Waals surface area contributed by atoms with Gasteiger partial charge in [-0.1, -0.05) is 0 Å². The normalized spacial score (nSPS) is 15.5. The van der Waals surface area contributed by atoms with Gasteiger partial charge >= 0.3 is 0 Å². The third-order valence-electron chi connectivity index (χ3n) is 4.37. The standard InChI is InChI=1S/C18H22FN3O3/c1-24-10-11-25-15-6-8-22(9-7-15)18(23)16-12-20-21-17(16)13-2-4-14(19)5-3-13/h2-5,12,15H,6-11H2,1H3,(H,20,21). The molecule has 0 atom stereocenters. The van der Waals surface area contributed by atoms with E-state index in [1.165, 1.54) is 18.3 Å². The Labute approximate surface area is 145 Å². The predicted octanol–water partition coefficient (Wildman–Crippen LogP) is 2.48. The second-order valence-electron chi connectivity index (χ2n) is 6.02. The molecule has 2 heterocycles. The van der Waals surface area contributed by atoms with Crippen molar-refractivity contribution < 1.29 is 18.7 Å². The second kappa shape index (κ2) is 8.22. The topological polar surface area (TPSA) is 67.5 Å². The number of aromatic amines is 1. The minimum atomic E-state index is -0.313. The number of carbonyl (C=O) groups is 1. The van der Waals surface area contributed by atoms with Crippen molar-refractivity contribution >= 4 is 5.91 Å². The molecule has 134 valence electrons. The summed E-state index contributed by atoms with van der Waals surface area (Å²) in [6, 6.07) is 6.01. The number of nitrogens with zero attached hydrogens (tertiary/aromatic N) is 2. The highest BCUT2D eigenvalue weighted by molar-refractivity contribution is 5.99. The number of hydrogen-bond acceptors (Lipinski definition) is 4. The Balaban J connectivity index is 1.63. The zero-order valence-electron chi connectivity index (χ0n) is 14.2. The maximum Gasteiger partial charge on any atom is 0.257 e. The van der Waals surface area contributed by atoms with Crippen LogP contribution < -0.4 is 0 Å². The van der Waals surface area contributed by atoms with Crippen molar-refractivity contribution in [2.24, 2.45) is 0 Å². The van der Waals surface area contributed by atoms with Gasteiger partial charge in [0, 0.05) is 25.8 Å². The van der Waals surface area contributed by atoms with Crippen LogP contribution in [0.15, 0.2) is 30.5 Å². The molecule has 1 aliphatic heterocycles. The van der Waals surface area contributed by atoms with E-state index in [1.807, 2.05) is 4.90 Å². The Bertz CT molecular complexity index is 694. The summed E-state index contributed by atoms with van der Waals surface area (Å²) >= 11 is 0. The van der Waals surface area contributed by atoms with Crippen molar-refractivity contribution in [3.63, 3.8) is 0 Å². The van der Waals surface area contributed by atoms with Crippen LogP contribution in [0.5, 0.6) is 0 Å². The number of halogens is 1. The first-order chi connectivity index (χ1) is 12.2. The van der Waals surface area contributed by atoms with Gasteiger partial charge in [0.1, 0.15) is 5.82 Å². The minimum Gasteiger partial charge on any atom is -0.382 e. The lowest BCUT2D eigenvalue weighted by molar-refractivity contribution is -0.0122. The van der Waals surface area contributed by atoms with Crippen LogP contribution in [0.3, 0.4) is 0 Å². The first-order valence-corrected chi connectivity index (χ1v) is 8.38. The molecule has 2 aromatic rings. The van der Waals surface area contributed by atoms with Crippen molar-refractivity contribution in [2.45, 2.75) is 18.9 Å². The number of rotatable bonds is 6. The van der Waals surface area contributed by atoms with Gasteiger partial charge in [0.05, 0.1) is 36.8 Å². The largest absolute Gasteiger partial charge is 0.382 e. The molecule has 7 heteroatoms. The SMILES string of the molecule is COCCOC1CCN(C(=O)c2cn[nH]c2-c2ccc(F)cc2)CC1. The van der Waals surface area contributed by atoms with Crippen LogP contribution in [0.4, 0.5) is 4.39 Å². The number of aromatic nitrogens is 2. The van der Waals surface area contributed by atoms with Gasteiger partial charge in [-0.3, -0.25) is 9.89 Å². The zero-order chi connectivity index (χ0) is 17.6. The molecule has 1 aromatic carbocycles. The molecule has 0 saturated carbocycles. The number of carbonyl (C=O) groups excluding carboxylic acids is 1. The Morgan fingerprint density at radius 2 is 2.00 bits per heavy atom. The molecular weight excluding hydrogens is 325 g/mol. The summed E-state index contributed by atoms with van der Waals surface area (Å²) in [4.78, 5) is 14.6. The third-order valence-corrected chi connectivity index (χ3v) is 4.37. The fraction of sp³-hybridized carbons (Fsp3) is 0.444. The van der Waals surface area contributed by atoms with E-state index in [0.29, 0.717) is 37.6 Å². The highest BCUT2D eigenvalue weighted by atomic mass is 19.1. The highest BCUT2D eigenvalue weighted by Gasteiger charge is 2.26. The van der Waals surface area contributed by atoms with Gasteiger partial charge in [-0.15, -0.1) is 0 Å². The van der Waals surface area contributed by atoms with Gasteiger partial charge in [0.25, 0.3) is 5.91 Å². The molecule has 1 aromatic heterocycles. The lowest BCUT2D eigenvalue weighted by atomic mass is 10.0. The van der Waals surface area contributed by atoms with Crippen LogP contribution in [-0.2, 0) is 9.47 Å². The summed E-state index contributed by atoms with van der Waals surface area (Å²) in [7, 11) is 1.65. The highest BCUT2D eigenvalue weighted by Crippen LogP contribution is 2.24.